The van der Waals surface area contributed by atoms with Crippen LogP contribution >= 0.6 is 11.6 Å². The number of rotatable bonds is 5. The number of halogens is 1. The number of benzene rings is 1. The predicted octanol–water partition coefficient (Wildman–Crippen LogP) is 4.18. The van der Waals surface area contributed by atoms with Crippen molar-refractivity contribution in [2.75, 3.05) is 48.5 Å². The van der Waals surface area contributed by atoms with Gasteiger partial charge < -0.3 is 19.9 Å². The Hall–Kier alpha value is -2.90. The van der Waals surface area contributed by atoms with Crippen molar-refractivity contribution in [2.24, 2.45) is 0 Å². The van der Waals surface area contributed by atoms with Gasteiger partial charge >= 0.3 is 0 Å². The molecule has 2 aromatic heterocycles. The molecule has 0 bridgehead atoms. The van der Waals surface area contributed by atoms with Crippen LogP contribution < -0.4 is 15.1 Å². The van der Waals surface area contributed by atoms with Gasteiger partial charge in [0, 0.05) is 37.0 Å². The fourth-order valence-corrected chi connectivity index (χ4v) is 3.48. The van der Waals surface area contributed by atoms with Gasteiger partial charge in [0.15, 0.2) is 0 Å². The Labute approximate surface area is 175 Å². The van der Waals surface area contributed by atoms with Crippen LogP contribution in [-0.4, -0.2) is 48.3 Å². The highest BCUT2D eigenvalue weighted by Crippen LogP contribution is 2.27. The van der Waals surface area contributed by atoms with Gasteiger partial charge in [0.05, 0.1) is 13.2 Å². The summed E-state index contributed by atoms with van der Waals surface area (Å²) < 4.78 is 5.42. The summed E-state index contributed by atoms with van der Waals surface area (Å²) in [4.78, 5) is 17.9. The number of aromatic nitrogens is 3. The molecular weight excluding hydrogens is 388 g/mol. The number of hydrogen-bond acceptors (Lipinski definition) is 7. The van der Waals surface area contributed by atoms with Crippen LogP contribution in [0, 0.1) is 6.92 Å². The average Bonchev–Trinajstić information content (AvgIpc) is 2.74. The number of nitrogens with zero attached hydrogens (tertiary/aromatic N) is 5. The van der Waals surface area contributed by atoms with Gasteiger partial charge in [-0.1, -0.05) is 29.8 Å². The summed E-state index contributed by atoms with van der Waals surface area (Å²) in [7, 11) is 1.99. The van der Waals surface area contributed by atoms with Gasteiger partial charge in [-0.2, -0.15) is 4.98 Å². The molecule has 1 saturated heterocycles. The minimum Gasteiger partial charge on any atom is -0.378 e. The lowest BCUT2D eigenvalue weighted by Crippen LogP contribution is -2.36. The predicted molar refractivity (Wildman–Crippen MR) is 117 cm³/mol. The van der Waals surface area contributed by atoms with Gasteiger partial charge in [-0.25, -0.2) is 9.97 Å². The minimum atomic E-state index is 0.464. The number of pyridine rings is 1. The molecule has 1 aliphatic heterocycles. The molecule has 1 fully saturated rings. The molecule has 1 aromatic carbocycles. The smallest absolute Gasteiger partial charge is 0.230 e. The van der Waals surface area contributed by atoms with Gasteiger partial charge in [-0.3, -0.25) is 0 Å². The van der Waals surface area contributed by atoms with E-state index in [0.29, 0.717) is 30.0 Å². The number of para-hydroxylation sites is 1. The van der Waals surface area contributed by atoms with Crippen molar-refractivity contribution in [3.63, 3.8) is 0 Å². The fraction of sp³-hybridized carbons (Fsp3) is 0.286. The molecule has 3 aromatic rings. The largest absolute Gasteiger partial charge is 0.378 e. The summed E-state index contributed by atoms with van der Waals surface area (Å²) in [6.45, 7) is 5.04. The highest BCUT2D eigenvalue weighted by atomic mass is 35.5. The third-order valence-corrected chi connectivity index (χ3v) is 5.03. The van der Waals surface area contributed by atoms with E-state index in [1.54, 1.807) is 12.3 Å². The first kappa shape index (κ1) is 19.4. The molecule has 0 amide bonds. The molecule has 0 atom stereocenters. The number of aryl methyl sites for hydroxylation is 1. The zero-order valence-corrected chi connectivity index (χ0v) is 17.2. The second-order valence-electron chi connectivity index (χ2n) is 6.84. The van der Waals surface area contributed by atoms with Crippen LogP contribution in [0.2, 0.25) is 5.02 Å². The third-order valence-electron chi connectivity index (χ3n) is 4.81. The Kier molecular flexibility index (Phi) is 5.78. The highest BCUT2D eigenvalue weighted by Gasteiger charge is 2.15. The number of nitrogens with one attached hydrogen (secondary N) is 1. The second-order valence-corrected chi connectivity index (χ2v) is 7.27. The Morgan fingerprint density at radius 1 is 1.10 bits per heavy atom. The molecule has 7 nitrogen and oxygen atoms in total. The maximum absolute atomic E-state index is 6.33. The van der Waals surface area contributed by atoms with Gasteiger partial charge in [0.25, 0.3) is 0 Å². The summed E-state index contributed by atoms with van der Waals surface area (Å²) in [6.07, 6.45) is 1.73. The van der Waals surface area contributed by atoms with E-state index in [2.05, 4.69) is 44.2 Å². The van der Waals surface area contributed by atoms with Crippen LogP contribution in [-0.2, 0) is 4.74 Å². The van der Waals surface area contributed by atoms with E-state index in [4.69, 9.17) is 16.3 Å². The summed E-state index contributed by atoms with van der Waals surface area (Å²) >= 11 is 6.33. The van der Waals surface area contributed by atoms with E-state index in [0.717, 1.165) is 30.4 Å². The number of anilines is 5. The van der Waals surface area contributed by atoms with Crippen molar-refractivity contribution in [3.05, 3.63) is 59.2 Å². The molecule has 0 radical (unpaired) electrons. The molecule has 4 rings (SSSR count). The Bertz CT molecular complexity index is 992. The molecule has 0 saturated carbocycles. The summed E-state index contributed by atoms with van der Waals surface area (Å²) in [5, 5.41) is 3.79. The average molecular weight is 411 g/mol. The first-order chi connectivity index (χ1) is 14.1. The van der Waals surface area contributed by atoms with E-state index >= 15 is 0 Å². The molecule has 1 N–H and O–H groups in total. The first-order valence-corrected chi connectivity index (χ1v) is 9.88. The topological polar surface area (TPSA) is 66.4 Å². The highest BCUT2D eigenvalue weighted by molar-refractivity contribution is 6.31. The Balaban J connectivity index is 1.56. The van der Waals surface area contributed by atoms with Crippen LogP contribution in [0.3, 0.4) is 0 Å². The Morgan fingerprint density at radius 2 is 1.90 bits per heavy atom. The standard InChI is InChI=1S/C21H23ClN6O/c1-15-5-3-4-6-17(15)27(2)19-7-8-23-21(26-19)25-18-13-16(22)14-20(24-18)28-9-11-29-12-10-28/h3-8,13-14H,9-12H2,1-2H3,(H,23,24,25,26). The van der Waals surface area contributed by atoms with Gasteiger partial charge in [0.2, 0.25) is 5.95 Å². The zero-order valence-electron chi connectivity index (χ0n) is 16.5. The summed E-state index contributed by atoms with van der Waals surface area (Å²) in [5.41, 5.74) is 2.27. The van der Waals surface area contributed by atoms with Crippen LogP contribution in [0.4, 0.5) is 29.1 Å². The summed E-state index contributed by atoms with van der Waals surface area (Å²) in [5.74, 6) is 2.67. The van der Waals surface area contributed by atoms with Crippen molar-refractivity contribution < 1.29 is 4.74 Å². The molecule has 3 heterocycles. The lowest BCUT2D eigenvalue weighted by Gasteiger charge is -2.28. The molecule has 0 unspecified atom stereocenters. The normalized spacial score (nSPS) is 14.0. The maximum Gasteiger partial charge on any atom is 0.230 e. The van der Waals surface area contributed by atoms with E-state index in [1.807, 2.05) is 36.2 Å². The maximum atomic E-state index is 6.33. The van der Waals surface area contributed by atoms with Gasteiger partial charge in [0.1, 0.15) is 17.5 Å². The number of morpholine rings is 1. The quantitative estimate of drug-likeness (QED) is 0.676. The zero-order chi connectivity index (χ0) is 20.2. The molecular formula is C21H23ClN6O. The third kappa shape index (κ3) is 4.58. The molecule has 0 spiro atoms. The van der Waals surface area contributed by atoms with Crippen molar-refractivity contribution in [1.82, 2.24) is 15.0 Å². The number of ether oxygens (including phenoxy) is 1. The molecule has 29 heavy (non-hydrogen) atoms. The monoisotopic (exact) mass is 410 g/mol. The van der Waals surface area contributed by atoms with Crippen LogP contribution in [0.15, 0.2) is 48.7 Å². The molecule has 0 aliphatic carbocycles. The van der Waals surface area contributed by atoms with Crippen LogP contribution in [0.25, 0.3) is 0 Å². The van der Waals surface area contributed by atoms with Crippen molar-refractivity contribution in [3.8, 4) is 0 Å². The molecule has 8 heteroatoms. The molecule has 1 aliphatic rings. The van der Waals surface area contributed by atoms with Crippen LogP contribution in [0.5, 0.6) is 0 Å². The number of hydrogen-bond donors (Lipinski definition) is 1. The molecule has 150 valence electrons. The lowest BCUT2D eigenvalue weighted by molar-refractivity contribution is 0.122. The minimum absolute atomic E-state index is 0.464. The van der Waals surface area contributed by atoms with Gasteiger partial charge in [-0.05, 0) is 36.8 Å². The van der Waals surface area contributed by atoms with E-state index in [9.17, 15) is 0 Å². The fourth-order valence-electron chi connectivity index (χ4n) is 3.28. The lowest BCUT2D eigenvalue weighted by atomic mass is 10.2. The van der Waals surface area contributed by atoms with E-state index in [1.165, 1.54) is 5.56 Å². The van der Waals surface area contributed by atoms with Crippen molar-refractivity contribution in [1.29, 1.82) is 0 Å². The van der Waals surface area contributed by atoms with Gasteiger partial charge in [-0.15, -0.1) is 0 Å². The SMILES string of the molecule is Cc1ccccc1N(C)c1ccnc(Nc2cc(Cl)cc(N3CCOCC3)n2)n1. The first-order valence-electron chi connectivity index (χ1n) is 9.50. The second kappa shape index (κ2) is 8.63. The Morgan fingerprint density at radius 3 is 2.69 bits per heavy atom. The van der Waals surface area contributed by atoms with E-state index in [-0.39, 0.29) is 0 Å². The van der Waals surface area contributed by atoms with Crippen molar-refractivity contribution in [2.45, 2.75) is 6.92 Å². The van der Waals surface area contributed by atoms with Crippen molar-refractivity contribution >= 4 is 40.7 Å². The van der Waals surface area contributed by atoms with Crippen LogP contribution in [0.1, 0.15) is 5.56 Å². The summed E-state index contributed by atoms with van der Waals surface area (Å²) in [6, 6.07) is 13.7. The van der Waals surface area contributed by atoms with E-state index < -0.39 is 0 Å².